The SMILES string of the molecule is Cc1nc(CN2CCC(N3CC(=O)N(c4ccccc4)C3=O)CC2)cs1. The van der Waals surface area contributed by atoms with Gasteiger partial charge >= 0.3 is 6.03 Å². The van der Waals surface area contributed by atoms with Crippen LogP contribution in [-0.2, 0) is 11.3 Å². The van der Waals surface area contributed by atoms with E-state index in [2.05, 4.69) is 15.3 Å². The van der Waals surface area contributed by atoms with Gasteiger partial charge in [0.05, 0.1) is 16.4 Å². The molecule has 6 nitrogen and oxygen atoms in total. The van der Waals surface area contributed by atoms with Gasteiger partial charge in [-0.05, 0) is 31.9 Å². The number of rotatable bonds is 4. The molecule has 7 heteroatoms. The Balaban J connectivity index is 1.37. The van der Waals surface area contributed by atoms with Crippen molar-refractivity contribution in [2.75, 3.05) is 24.5 Å². The number of aromatic nitrogens is 1. The van der Waals surface area contributed by atoms with Gasteiger partial charge in [-0.3, -0.25) is 9.69 Å². The summed E-state index contributed by atoms with van der Waals surface area (Å²) < 4.78 is 0. The van der Waals surface area contributed by atoms with Crippen molar-refractivity contribution >= 4 is 29.0 Å². The molecule has 3 amide bonds. The molecule has 1 aromatic carbocycles. The van der Waals surface area contributed by atoms with Gasteiger partial charge in [-0.1, -0.05) is 18.2 Å². The molecule has 4 rings (SSSR count). The van der Waals surface area contributed by atoms with Crippen LogP contribution in [0.4, 0.5) is 10.5 Å². The molecule has 2 aliphatic rings. The second-order valence-corrected chi connectivity index (χ2v) is 7.90. The number of anilines is 1. The maximum atomic E-state index is 12.8. The van der Waals surface area contributed by atoms with Crippen molar-refractivity contribution in [3.63, 3.8) is 0 Å². The summed E-state index contributed by atoms with van der Waals surface area (Å²) in [7, 11) is 0. The van der Waals surface area contributed by atoms with Gasteiger partial charge in [-0.15, -0.1) is 11.3 Å². The largest absolute Gasteiger partial charge is 0.332 e. The van der Waals surface area contributed by atoms with Gasteiger partial charge in [-0.25, -0.2) is 14.7 Å². The second-order valence-electron chi connectivity index (χ2n) is 6.84. The summed E-state index contributed by atoms with van der Waals surface area (Å²) >= 11 is 1.68. The Hall–Kier alpha value is -2.25. The highest BCUT2D eigenvalue weighted by molar-refractivity contribution is 7.09. The van der Waals surface area contributed by atoms with Gasteiger partial charge in [-0.2, -0.15) is 0 Å². The molecule has 0 bridgehead atoms. The van der Waals surface area contributed by atoms with E-state index in [-0.39, 0.29) is 24.5 Å². The predicted octanol–water partition coefficient (Wildman–Crippen LogP) is 2.88. The first-order valence-corrected chi connectivity index (χ1v) is 9.82. The van der Waals surface area contributed by atoms with Gasteiger partial charge in [0.25, 0.3) is 5.91 Å². The third-order valence-electron chi connectivity index (χ3n) is 5.06. The molecule has 0 N–H and O–H groups in total. The molecule has 0 radical (unpaired) electrons. The molecule has 2 aliphatic heterocycles. The molecule has 0 aliphatic carbocycles. The van der Waals surface area contributed by atoms with Crippen LogP contribution in [0.2, 0.25) is 0 Å². The minimum atomic E-state index is -0.185. The summed E-state index contributed by atoms with van der Waals surface area (Å²) in [6.45, 7) is 4.91. The van der Waals surface area contributed by atoms with Crippen molar-refractivity contribution in [2.24, 2.45) is 0 Å². The van der Waals surface area contributed by atoms with Crippen molar-refractivity contribution in [3.8, 4) is 0 Å². The van der Waals surface area contributed by atoms with Gasteiger partial charge in [0.1, 0.15) is 6.54 Å². The summed E-state index contributed by atoms with van der Waals surface area (Å²) in [5.41, 5.74) is 1.77. The van der Waals surface area contributed by atoms with Gasteiger partial charge < -0.3 is 4.90 Å². The lowest BCUT2D eigenvalue weighted by atomic mass is 10.0. The number of carbonyl (C=O) groups is 2. The number of hydrogen-bond acceptors (Lipinski definition) is 5. The molecular weight excluding hydrogens is 348 g/mol. The normalized spacial score (nSPS) is 19.6. The molecule has 136 valence electrons. The number of carbonyl (C=O) groups excluding carboxylic acids is 2. The fourth-order valence-corrected chi connectivity index (χ4v) is 4.34. The van der Waals surface area contributed by atoms with Crippen molar-refractivity contribution in [2.45, 2.75) is 32.4 Å². The van der Waals surface area contributed by atoms with Crippen molar-refractivity contribution in [3.05, 3.63) is 46.4 Å². The number of imide groups is 1. The Morgan fingerprint density at radius 3 is 2.54 bits per heavy atom. The monoisotopic (exact) mass is 370 g/mol. The molecule has 2 saturated heterocycles. The van der Waals surface area contributed by atoms with Crippen molar-refractivity contribution < 1.29 is 9.59 Å². The lowest BCUT2D eigenvalue weighted by molar-refractivity contribution is -0.116. The average molecular weight is 370 g/mol. The van der Waals surface area contributed by atoms with E-state index >= 15 is 0 Å². The number of para-hydroxylation sites is 1. The minimum absolute atomic E-state index is 0.133. The highest BCUT2D eigenvalue weighted by Gasteiger charge is 2.41. The van der Waals surface area contributed by atoms with E-state index in [0.717, 1.165) is 43.2 Å². The third-order valence-corrected chi connectivity index (χ3v) is 5.88. The zero-order valence-corrected chi connectivity index (χ0v) is 15.6. The van der Waals surface area contributed by atoms with Gasteiger partial charge in [0.15, 0.2) is 0 Å². The first-order chi connectivity index (χ1) is 12.6. The third kappa shape index (κ3) is 3.37. The van der Waals surface area contributed by atoms with Crippen LogP contribution in [0.3, 0.4) is 0 Å². The molecule has 2 aromatic rings. The predicted molar refractivity (Wildman–Crippen MR) is 101 cm³/mol. The number of thiazole rings is 1. The summed E-state index contributed by atoms with van der Waals surface area (Å²) in [6, 6.07) is 9.12. The first kappa shape index (κ1) is 17.2. The van der Waals surface area contributed by atoms with E-state index in [9.17, 15) is 9.59 Å². The average Bonchev–Trinajstić information content (AvgIpc) is 3.19. The number of benzene rings is 1. The van der Waals surface area contributed by atoms with E-state index in [1.54, 1.807) is 28.4 Å². The van der Waals surface area contributed by atoms with Crippen LogP contribution < -0.4 is 4.90 Å². The number of hydrogen-bond donors (Lipinski definition) is 0. The maximum absolute atomic E-state index is 12.8. The van der Waals surface area contributed by atoms with E-state index in [1.165, 1.54) is 4.90 Å². The van der Waals surface area contributed by atoms with Crippen LogP contribution in [0.5, 0.6) is 0 Å². The molecular formula is C19H22N4O2S. The molecule has 1 aromatic heterocycles. The maximum Gasteiger partial charge on any atom is 0.332 e. The molecule has 0 saturated carbocycles. The number of piperidine rings is 1. The zero-order chi connectivity index (χ0) is 18.1. The highest BCUT2D eigenvalue weighted by Crippen LogP contribution is 2.26. The quantitative estimate of drug-likeness (QED) is 0.777. The van der Waals surface area contributed by atoms with E-state index in [1.807, 2.05) is 25.1 Å². The van der Waals surface area contributed by atoms with E-state index in [0.29, 0.717) is 5.69 Å². The lowest BCUT2D eigenvalue weighted by Crippen LogP contribution is -2.46. The number of nitrogens with zero attached hydrogens (tertiary/aromatic N) is 4. The Kier molecular flexibility index (Phi) is 4.74. The Bertz CT molecular complexity index is 799. The lowest BCUT2D eigenvalue weighted by Gasteiger charge is -2.35. The molecule has 0 atom stereocenters. The number of aryl methyl sites for hydroxylation is 1. The molecule has 0 unspecified atom stereocenters. The zero-order valence-electron chi connectivity index (χ0n) is 14.8. The van der Waals surface area contributed by atoms with Gasteiger partial charge in [0.2, 0.25) is 0 Å². The van der Waals surface area contributed by atoms with Crippen LogP contribution in [0.25, 0.3) is 0 Å². The van der Waals surface area contributed by atoms with Crippen LogP contribution in [0.15, 0.2) is 35.7 Å². The molecule has 0 spiro atoms. The first-order valence-electron chi connectivity index (χ1n) is 8.94. The van der Waals surface area contributed by atoms with Crippen LogP contribution in [0.1, 0.15) is 23.5 Å². The Morgan fingerprint density at radius 1 is 1.15 bits per heavy atom. The Labute approximate surface area is 157 Å². The van der Waals surface area contributed by atoms with Crippen molar-refractivity contribution in [1.29, 1.82) is 0 Å². The van der Waals surface area contributed by atoms with Gasteiger partial charge in [0, 0.05) is 31.1 Å². The molecule has 2 fully saturated rings. The van der Waals surface area contributed by atoms with Crippen LogP contribution in [-0.4, -0.2) is 52.4 Å². The molecule has 26 heavy (non-hydrogen) atoms. The number of likely N-dealkylation sites (tertiary alicyclic amines) is 1. The summed E-state index contributed by atoms with van der Waals surface area (Å²) in [6.07, 6.45) is 1.79. The van der Waals surface area contributed by atoms with Crippen LogP contribution >= 0.6 is 11.3 Å². The molecule has 3 heterocycles. The smallest absolute Gasteiger partial charge is 0.312 e. The summed E-state index contributed by atoms with van der Waals surface area (Å²) in [5, 5.41) is 3.21. The van der Waals surface area contributed by atoms with E-state index < -0.39 is 0 Å². The van der Waals surface area contributed by atoms with Crippen molar-refractivity contribution in [1.82, 2.24) is 14.8 Å². The summed E-state index contributed by atoms with van der Waals surface area (Å²) in [5.74, 6) is -0.137. The fraction of sp³-hybridized carbons (Fsp3) is 0.421. The highest BCUT2D eigenvalue weighted by atomic mass is 32.1. The fourth-order valence-electron chi connectivity index (χ4n) is 3.74. The topological polar surface area (TPSA) is 56.8 Å². The van der Waals surface area contributed by atoms with Crippen LogP contribution in [0, 0.1) is 6.92 Å². The minimum Gasteiger partial charge on any atom is -0.312 e. The number of amides is 3. The Morgan fingerprint density at radius 2 is 1.88 bits per heavy atom. The number of urea groups is 1. The summed E-state index contributed by atoms with van der Waals surface area (Å²) in [4.78, 5) is 35.2. The standard InChI is InChI=1S/C19H22N4O2S/c1-14-20-15(13-26-14)11-21-9-7-16(8-10-21)22-12-18(24)23(19(22)25)17-5-3-2-4-6-17/h2-6,13,16H,7-12H2,1H3. The second kappa shape index (κ2) is 7.17. The van der Waals surface area contributed by atoms with E-state index in [4.69, 9.17) is 0 Å².